The smallest absolute Gasteiger partial charge is 0.339 e. The van der Waals surface area contributed by atoms with E-state index in [1.165, 1.54) is 24.3 Å². The minimum Gasteiger partial charge on any atom is -0.461 e. The van der Waals surface area contributed by atoms with Gasteiger partial charge in [0.05, 0.1) is 0 Å². The van der Waals surface area contributed by atoms with Gasteiger partial charge < -0.3 is 8.92 Å². The Labute approximate surface area is 136 Å². The fourth-order valence-electron chi connectivity index (χ4n) is 1.79. The Balaban J connectivity index is 2.05. The van der Waals surface area contributed by atoms with Crippen LogP contribution in [0, 0.1) is 6.92 Å². The van der Waals surface area contributed by atoms with E-state index in [2.05, 4.69) is 0 Å². The molecular weight excluding hydrogens is 316 g/mol. The number of hydrogen-bond acceptors (Lipinski definition) is 5. The molecule has 0 amide bonds. The molecule has 2 rings (SSSR count). The van der Waals surface area contributed by atoms with Crippen LogP contribution in [0.2, 0.25) is 0 Å². The van der Waals surface area contributed by atoms with E-state index in [9.17, 15) is 13.2 Å². The first-order valence-corrected chi connectivity index (χ1v) is 8.57. The largest absolute Gasteiger partial charge is 0.461 e. The van der Waals surface area contributed by atoms with Gasteiger partial charge in [0.1, 0.15) is 17.3 Å². The fraction of sp³-hybridized carbons (Fsp3) is 0.235. The van der Waals surface area contributed by atoms with Crippen LogP contribution in [0.3, 0.4) is 0 Å². The predicted octanol–water partition coefficient (Wildman–Crippen LogP) is 3.22. The van der Waals surface area contributed by atoms with Crippen molar-refractivity contribution in [2.45, 2.75) is 31.8 Å². The Bertz CT molecular complexity index is 762. The van der Waals surface area contributed by atoms with Gasteiger partial charge in [0.25, 0.3) is 0 Å². The number of esters is 1. The van der Waals surface area contributed by atoms with E-state index in [0.717, 1.165) is 11.1 Å². The van der Waals surface area contributed by atoms with E-state index in [1.54, 1.807) is 31.2 Å². The molecule has 0 aliphatic rings. The Morgan fingerprint density at radius 1 is 1.00 bits per heavy atom. The molecule has 0 bridgehead atoms. The number of hydrogen-bond donors (Lipinski definition) is 0. The molecule has 0 saturated carbocycles. The van der Waals surface area contributed by atoms with Crippen LogP contribution in [-0.2, 0) is 26.3 Å². The molecule has 0 radical (unpaired) electrons. The standard InChI is InChI=1S/C17H18O5S/c1-3-17(18)21-12-14-6-8-15(9-7-14)22-23(19,20)16-10-4-13(2)5-11-16/h4-11H,3,12H2,1-2H3. The quantitative estimate of drug-likeness (QED) is 0.599. The van der Waals surface area contributed by atoms with Crippen LogP contribution in [0.5, 0.6) is 5.75 Å². The summed E-state index contributed by atoms with van der Waals surface area (Å²) in [5.74, 6) is -0.0802. The van der Waals surface area contributed by atoms with Gasteiger partial charge in [-0.2, -0.15) is 8.42 Å². The van der Waals surface area contributed by atoms with Crippen molar-refractivity contribution in [2.24, 2.45) is 0 Å². The van der Waals surface area contributed by atoms with Crippen molar-refractivity contribution < 1.29 is 22.1 Å². The molecule has 0 fully saturated rings. The average Bonchev–Trinajstić information content (AvgIpc) is 2.54. The van der Waals surface area contributed by atoms with E-state index in [-0.39, 0.29) is 23.2 Å². The summed E-state index contributed by atoms with van der Waals surface area (Å²) in [6.07, 6.45) is 0.315. The maximum Gasteiger partial charge on any atom is 0.339 e. The Morgan fingerprint density at radius 2 is 1.61 bits per heavy atom. The zero-order valence-electron chi connectivity index (χ0n) is 13.0. The van der Waals surface area contributed by atoms with Crippen molar-refractivity contribution in [3.8, 4) is 5.75 Å². The molecule has 23 heavy (non-hydrogen) atoms. The van der Waals surface area contributed by atoms with Gasteiger partial charge in [0, 0.05) is 6.42 Å². The fourth-order valence-corrected chi connectivity index (χ4v) is 2.72. The monoisotopic (exact) mass is 334 g/mol. The normalized spacial score (nSPS) is 11.0. The van der Waals surface area contributed by atoms with E-state index in [1.807, 2.05) is 6.92 Å². The number of benzene rings is 2. The van der Waals surface area contributed by atoms with Gasteiger partial charge in [-0.25, -0.2) is 0 Å². The summed E-state index contributed by atoms with van der Waals surface area (Å²) in [6.45, 7) is 3.74. The molecule has 2 aromatic rings. The summed E-state index contributed by atoms with van der Waals surface area (Å²) in [4.78, 5) is 11.2. The second kappa shape index (κ2) is 7.28. The second-order valence-electron chi connectivity index (χ2n) is 5.01. The summed E-state index contributed by atoms with van der Waals surface area (Å²) in [5.41, 5.74) is 1.72. The van der Waals surface area contributed by atoms with Gasteiger partial charge >= 0.3 is 16.1 Å². The zero-order chi connectivity index (χ0) is 16.9. The molecule has 0 aliphatic carbocycles. The Morgan fingerprint density at radius 3 is 2.17 bits per heavy atom. The summed E-state index contributed by atoms with van der Waals surface area (Å²) in [7, 11) is -3.86. The number of aryl methyl sites for hydroxylation is 1. The van der Waals surface area contributed by atoms with Gasteiger partial charge in [-0.15, -0.1) is 0 Å². The molecule has 5 nitrogen and oxygen atoms in total. The van der Waals surface area contributed by atoms with Gasteiger partial charge in [0.2, 0.25) is 0 Å². The zero-order valence-corrected chi connectivity index (χ0v) is 13.8. The molecule has 0 heterocycles. The first-order valence-electron chi connectivity index (χ1n) is 7.16. The van der Waals surface area contributed by atoms with E-state index < -0.39 is 10.1 Å². The molecular formula is C17H18O5S. The van der Waals surface area contributed by atoms with Crippen molar-refractivity contribution in [3.05, 3.63) is 59.7 Å². The molecule has 0 aliphatic heterocycles. The molecule has 0 unspecified atom stereocenters. The van der Waals surface area contributed by atoms with Gasteiger partial charge in [-0.05, 0) is 36.8 Å². The number of carbonyl (C=O) groups is 1. The van der Waals surface area contributed by atoms with Crippen LogP contribution in [0.15, 0.2) is 53.4 Å². The second-order valence-corrected chi connectivity index (χ2v) is 6.56. The topological polar surface area (TPSA) is 69.7 Å². The van der Waals surface area contributed by atoms with Crippen molar-refractivity contribution in [1.29, 1.82) is 0 Å². The Kier molecular flexibility index (Phi) is 5.39. The van der Waals surface area contributed by atoms with Gasteiger partial charge in [-0.1, -0.05) is 36.8 Å². The van der Waals surface area contributed by atoms with Crippen LogP contribution < -0.4 is 4.18 Å². The number of carbonyl (C=O) groups excluding carboxylic acids is 1. The molecule has 0 saturated heterocycles. The lowest BCUT2D eigenvalue weighted by Crippen LogP contribution is -2.09. The highest BCUT2D eigenvalue weighted by Crippen LogP contribution is 2.20. The number of ether oxygens (including phenoxy) is 1. The summed E-state index contributed by atoms with van der Waals surface area (Å²) in [6, 6.07) is 12.8. The lowest BCUT2D eigenvalue weighted by molar-refractivity contribution is -0.144. The maximum absolute atomic E-state index is 12.2. The van der Waals surface area contributed by atoms with Crippen molar-refractivity contribution in [1.82, 2.24) is 0 Å². The highest BCUT2D eigenvalue weighted by Gasteiger charge is 2.16. The van der Waals surface area contributed by atoms with E-state index in [0.29, 0.717) is 6.42 Å². The van der Waals surface area contributed by atoms with Gasteiger partial charge in [0.15, 0.2) is 0 Å². The minimum atomic E-state index is -3.86. The highest BCUT2D eigenvalue weighted by atomic mass is 32.2. The van der Waals surface area contributed by atoms with Crippen molar-refractivity contribution in [2.75, 3.05) is 0 Å². The first kappa shape index (κ1) is 17.0. The molecule has 0 aromatic heterocycles. The molecule has 2 aromatic carbocycles. The lowest BCUT2D eigenvalue weighted by Gasteiger charge is -2.08. The van der Waals surface area contributed by atoms with Gasteiger partial charge in [-0.3, -0.25) is 4.79 Å². The predicted molar refractivity (Wildman–Crippen MR) is 85.5 cm³/mol. The van der Waals surface area contributed by atoms with Crippen LogP contribution in [0.4, 0.5) is 0 Å². The molecule has 0 N–H and O–H groups in total. The van der Waals surface area contributed by atoms with Crippen LogP contribution in [0.1, 0.15) is 24.5 Å². The highest BCUT2D eigenvalue weighted by molar-refractivity contribution is 7.87. The molecule has 6 heteroatoms. The maximum atomic E-state index is 12.2. The SMILES string of the molecule is CCC(=O)OCc1ccc(OS(=O)(=O)c2ccc(C)cc2)cc1. The van der Waals surface area contributed by atoms with E-state index >= 15 is 0 Å². The number of rotatable bonds is 6. The third-order valence-corrected chi connectivity index (χ3v) is 4.39. The van der Waals surface area contributed by atoms with Crippen LogP contribution >= 0.6 is 0 Å². The first-order chi connectivity index (χ1) is 10.9. The average molecular weight is 334 g/mol. The molecule has 0 atom stereocenters. The van der Waals surface area contributed by atoms with Crippen LogP contribution in [-0.4, -0.2) is 14.4 Å². The Hall–Kier alpha value is -2.34. The lowest BCUT2D eigenvalue weighted by atomic mass is 10.2. The van der Waals surface area contributed by atoms with Crippen molar-refractivity contribution in [3.63, 3.8) is 0 Å². The molecule has 0 spiro atoms. The van der Waals surface area contributed by atoms with Crippen molar-refractivity contribution >= 4 is 16.1 Å². The summed E-state index contributed by atoms with van der Waals surface area (Å²) < 4.78 is 34.4. The minimum absolute atomic E-state index is 0.101. The molecule has 122 valence electrons. The van der Waals surface area contributed by atoms with Crippen LogP contribution in [0.25, 0.3) is 0 Å². The summed E-state index contributed by atoms with van der Waals surface area (Å²) in [5, 5.41) is 0. The third-order valence-electron chi connectivity index (χ3n) is 3.13. The summed E-state index contributed by atoms with van der Waals surface area (Å²) >= 11 is 0. The third kappa shape index (κ3) is 4.82. The van der Waals surface area contributed by atoms with E-state index in [4.69, 9.17) is 8.92 Å².